The van der Waals surface area contributed by atoms with Crippen LogP contribution >= 0.6 is 0 Å². The van der Waals surface area contributed by atoms with Gasteiger partial charge >= 0.3 is 5.97 Å². The molecule has 6 heteroatoms. The van der Waals surface area contributed by atoms with Crippen molar-refractivity contribution in [3.8, 4) is 17.1 Å². The van der Waals surface area contributed by atoms with Crippen LogP contribution in [0.4, 0.5) is 4.39 Å². The van der Waals surface area contributed by atoms with Crippen LogP contribution in [0.25, 0.3) is 22.3 Å². The zero-order valence-corrected chi connectivity index (χ0v) is 13.9. The van der Waals surface area contributed by atoms with Crippen molar-refractivity contribution in [1.82, 2.24) is 4.98 Å². The second-order valence-electron chi connectivity index (χ2n) is 5.75. The van der Waals surface area contributed by atoms with Crippen LogP contribution in [0.15, 0.2) is 82.3 Å². The number of carbonyl (C=O) groups excluding carboxylic acids is 1. The largest absolute Gasteiger partial charge is 0.453 e. The predicted octanol–water partition coefficient (Wildman–Crippen LogP) is 4.21. The Morgan fingerprint density at radius 2 is 1.85 bits per heavy atom. The Balaban J connectivity index is 1.63. The molecule has 0 aliphatic heterocycles. The first-order chi connectivity index (χ1) is 13.1. The third kappa shape index (κ3) is 3.32. The van der Waals surface area contributed by atoms with Crippen molar-refractivity contribution in [2.45, 2.75) is 0 Å². The van der Waals surface area contributed by atoms with Crippen molar-refractivity contribution in [3.63, 3.8) is 0 Å². The van der Waals surface area contributed by atoms with E-state index in [0.29, 0.717) is 16.9 Å². The van der Waals surface area contributed by atoms with Crippen LogP contribution in [0.2, 0.25) is 0 Å². The van der Waals surface area contributed by atoms with Gasteiger partial charge in [0.15, 0.2) is 16.8 Å². The number of nitrogens with zero attached hydrogens (tertiary/aromatic N) is 1. The zero-order chi connectivity index (χ0) is 18.8. The summed E-state index contributed by atoms with van der Waals surface area (Å²) >= 11 is 0. The molecule has 27 heavy (non-hydrogen) atoms. The van der Waals surface area contributed by atoms with Gasteiger partial charge in [0, 0.05) is 24.0 Å². The van der Waals surface area contributed by atoms with Crippen LogP contribution in [0, 0.1) is 5.82 Å². The van der Waals surface area contributed by atoms with Gasteiger partial charge in [0.2, 0.25) is 0 Å². The van der Waals surface area contributed by atoms with E-state index in [1.807, 2.05) is 0 Å². The summed E-state index contributed by atoms with van der Waals surface area (Å²) in [6.07, 6.45) is 2.97. The predicted molar refractivity (Wildman–Crippen MR) is 97.1 cm³/mol. The number of hydrogen-bond donors (Lipinski definition) is 0. The molecule has 0 saturated carbocycles. The smallest absolute Gasteiger partial charge is 0.345 e. The molecular weight excluding hydrogens is 349 g/mol. The van der Waals surface area contributed by atoms with Gasteiger partial charge < -0.3 is 9.15 Å². The Morgan fingerprint density at radius 1 is 1.04 bits per heavy atom. The molecule has 0 aliphatic rings. The van der Waals surface area contributed by atoms with Crippen LogP contribution < -0.4 is 10.2 Å². The van der Waals surface area contributed by atoms with Gasteiger partial charge in [-0.1, -0.05) is 6.07 Å². The first-order valence-corrected chi connectivity index (χ1v) is 8.07. The minimum absolute atomic E-state index is 0.0907. The van der Waals surface area contributed by atoms with E-state index >= 15 is 0 Å². The molecule has 2 heterocycles. The zero-order valence-electron chi connectivity index (χ0n) is 13.9. The maximum absolute atomic E-state index is 13.9. The highest BCUT2D eigenvalue weighted by molar-refractivity contribution is 5.90. The van der Waals surface area contributed by atoms with Crippen molar-refractivity contribution >= 4 is 16.9 Å². The monoisotopic (exact) mass is 361 g/mol. The quantitative estimate of drug-likeness (QED) is 0.404. The highest BCUT2D eigenvalue weighted by Crippen LogP contribution is 2.25. The van der Waals surface area contributed by atoms with Gasteiger partial charge in [-0.25, -0.2) is 9.18 Å². The molecule has 2 aromatic heterocycles. The van der Waals surface area contributed by atoms with E-state index in [1.54, 1.807) is 42.6 Å². The van der Waals surface area contributed by atoms with E-state index in [0.717, 1.165) is 0 Å². The lowest BCUT2D eigenvalue weighted by atomic mass is 10.1. The summed E-state index contributed by atoms with van der Waals surface area (Å²) in [6, 6.07) is 15.1. The number of para-hydroxylation sites is 1. The number of hydrogen-bond acceptors (Lipinski definition) is 5. The third-order valence-corrected chi connectivity index (χ3v) is 3.95. The minimum Gasteiger partial charge on any atom is -0.453 e. The molecule has 0 fully saturated rings. The summed E-state index contributed by atoms with van der Waals surface area (Å²) in [6.45, 7) is 0. The number of aromatic nitrogens is 1. The minimum atomic E-state index is -0.603. The fourth-order valence-corrected chi connectivity index (χ4v) is 2.62. The van der Waals surface area contributed by atoms with Gasteiger partial charge in [-0.05, 0) is 48.5 Å². The summed E-state index contributed by atoms with van der Waals surface area (Å²) in [7, 11) is 0. The summed E-state index contributed by atoms with van der Waals surface area (Å²) in [5.74, 6) is -0.590. The topological polar surface area (TPSA) is 69.4 Å². The van der Waals surface area contributed by atoms with Crippen molar-refractivity contribution in [2.24, 2.45) is 0 Å². The second kappa shape index (κ2) is 6.84. The molecular formula is C21H12FNO4. The number of carbonyl (C=O) groups is 1. The van der Waals surface area contributed by atoms with E-state index in [9.17, 15) is 14.0 Å². The first-order valence-electron chi connectivity index (χ1n) is 8.07. The molecule has 0 radical (unpaired) electrons. The van der Waals surface area contributed by atoms with E-state index in [4.69, 9.17) is 9.15 Å². The number of esters is 1. The summed E-state index contributed by atoms with van der Waals surface area (Å²) in [5, 5.41) is 0.181. The molecule has 132 valence electrons. The Kier molecular flexibility index (Phi) is 4.22. The van der Waals surface area contributed by atoms with Gasteiger partial charge in [-0.2, -0.15) is 0 Å². The molecule has 0 amide bonds. The van der Waals surface area contributed by atoms with Crippen molar-refractivity contribution in [1.29, 1.82) is 0 Å². The van der Waals surface area contributed by atoms with Crippen molar-refractivity contribution in [2.75, 3.05) is 0 Å². The van der Waals surface area contributed by atoms with Crippen LogP contribution in [0.3, 0.4) is 0 Å². The molecule has 0 aliphatic carbocycles. The Labute approximate surface area is 152 Å². The maximum Gasteiger partial charge on any atom is 0.345 e. The molecule has 5 nitrogen and oxygen atoms in total. The van der Waals surface area contributed by atoms with Gasteiger partial charge in [-0.3, -0.25) is 9.78 Å². The van der Waals surface area contributed by atoms with E-state index in [-0.39, 0.29) is 22.2 Å². The van der Waals surface area contributed by atoms with Crippen LogP contribution in [-0.4, -0.2) is 11.0 Å². The summed E-state index contributed by atoms with van der Waals surface area (Å²) in [5.41, 5.74) is 0.459. The van der Waals surface area contributed by atoms with E-state index in [2.05, 4.69) is 4.98 Å². The highest BCUT2D eigenvalue weighted by atomic mass is 19.1. The molecule has 0 spiro atoms. The molecule has 0 bridgehead atoms. The fraction of sp³-hybridized carbons (Fsp3) is 0. The van der Waals surface area contributed by atoms with Crippen LogP contribution in [0.5, 0.6) is 5.75 Å². The van der Waals surface area contributed by atoms with Gasteiger partial charge in [-0.15, -0.1) is 0 Å². The van der Waals surface area contributed by atoms with Crippen LogP contribution in [-0.2, 0) is 0 Å². The standard InChI is InChI=1S/C21H12FNO4/c22-17-5-1-4-16-18(24)11-19(27-20(16)17)13-6-8-15(9-7-13)26-21(25)14-3-2-10-23-12-14/h1-12H. The molecule has 2 aromatic carbocycles. The number of ether oxygens (including phenoxy) is 1. The number of benzene rings is 2. The molecule has 0 N–H and O–H groups in total. The Morgan fingerprint density at radius 3 is 2.59 bits per heavy atom. The number of rotatable bonds is 3. The molecule has 0 unspecified atom stereocenters. The SMILES string of the molecule is O=C(Oc1ccc(-c2cc(=O)c3cccc(F)c3o2)cc1)c1cccnc1. The molecule has 4 rings (SSSR count). The summed E-state index contributed by atoms with van der Waals surface area (Å²) in [4.78, 5) is 28.1. The molecule has 0 saturated heterocycles. The lowest BCUT2D eigenvalue weighted by molar-refractivity contribution is 0.0734. The van der Waals surface area contributed by atoms with E-state index < -0.39 is 11.8 Å². The lowest BCUT2D eigenvalue weighted by Crippen LogP contribution is -2.08. The third-order valence-electron chi connectivity index (χ3n) is 3.95. The Bertz CT molecular complexity index is 1180. The summed E-state index contributed by atoms with van der Waals surface area (Å²) < 4.78 is 24.8. The number of halogens is 1. The average Bonchev–Trinajstić information content (AvgIpc) is 2.70. The van der Waals surface area contributed by atoms with Gasteiger partial charge in [0.05, 0.1) is 10.9 Å². The molecule has 0 atom stereocenters. The van der Waals surface area contributed by atoms with Gasteiger partial charge in [0.25, 0.3) is 0 Å². The first kappa shape index (κ1) is 16.7. The average molecular weight is 361 g/mol. The highest BCUT2D eigenvalue weighted by Gasteiger charge is 2.12. The van der Waals surface area contributed by atoms with Crippen molar-refractivity contribution in [3.05, 3.63) is 94.7 Å². The van der Waals surface area contributed by atoms with Gasteiger partial charge in [0.1, 0.15) is 11.5 Å². The number of fused-ring (bicyclic) bond motifs is 1. The number of pyridine rings is 1. The maximum atomic E-state index is 13.9. The normalized spacial score (nSPS) is 10.7. The second-order valence-corrected chi connectivity index (χ2v) is 5.75. The van der Waals surface area contributed by atoms with E-state index in [1.165, 1.54) is 30.5 Å². The van der Waals surface area contributed by atoms with Crippen molar-refractivity contribution < 1.29 is 18.3 Å². The lowest BCUT2D eigenvalue weighted by Gasteiger charge is -2.06. The molecule has 4 aromatic rings. The van der Waals surface area contributed by atoms with Crippen LogP contribution in [0.1, 0.15) is 10.4 Å². The fourth-order valence-electron chi connectivity index (χ4n) is 2.62. The Hall–Kier alpha value is -3.80.